The van der Waals surface area contributed by atoms with Crippen molar-refractivity contribution in [1.82, 2.24) is 0 Å². The molecular weight excluding hydrogens is 224 g/mol. The number of carbonyl (C=O) groups is 1. The Kier molecular flexibility index (Phi) is 3.66. The summed E-state index contributed by atoms with van der Waals surface area (Å²) in [5.74, 6) is -0.147. The van der Waals surface area contributed by atoms with Crippen LogP contribution in [-0.4, -0.2) is 5.91 Å². The molecule has 0 heterocycles. The Balaban J connectivity index is 2.08. The van der Waals surface area contributed by atoms with Crippen molar-refractivity contribution in [1.29, 1.82) is 5.26 Å². The fourth-order valence-corrected chi connectivity index (χ4v) is 2.44. The van der Waals surface area contributed by atoms with E-state index in [1.54, 1.807) is 0 Å². The Morgan fingerprint density at radius 1 is 1.33 bits per heavy atom. The first-order valence-electron chi connectivity index (χ1n) is 6.52. The second-order valence-corrected chi connectivity index (χ2v) is 4.91. The summed E-state index contributed by atoms with van der Waals surface area (Å²) in [6.45, 7) is 2.09. The summed E-state index contributed by atoms with van der Waals surface area (Å²) < 4.78 is 0. The molecule has 0 aliphatic heterocycles. The number of aryl methyl sites for hydroxylation is 1. The minimum Gasteiger partial charge on any atom is -0.325 e. The zero-order chi connectivity index (χ0) is 13.0. The predicted octanol–water partition coefficient (Wildman–Crippen LogP) is 3.27. The third kappa shape index (κ3) is 2.38. The van der Waals surface area contributed by atoms with Crippen LogP contribution in [0.5, 0.6) is 0 Å². The second-order valence-electron chi connectivity index (χ2n) is 4.91. The lowest BCUT2D eigenvalue weighted by atomic mass is 9.87. The second kappa shape index (κ2) is 5.22. The van der Waals surface area contributed by atoms with Crippen LogP contribution in [0.1, 0.15) is 38.2 Å². The largest absolute Gasteiger partial charge is 0.325 e. The Bertz CT molecular complexity index is 464. The Morgan fingerprint density at radius 3 is 2.44 bits per heavy atom. The molecule has 1 aromatic rings. The van der Waals surface area contributed by atoms with E-state index in [0.717, 1.165) is 24.9 Å². The first-order chi connectivity index (χ1) is 8.70. The van der Waals surface area contributed by atoms with Gasteiger partial charge < -0.3 is 5.32 Å². The van der Waals surface area contributed by atoms with Crippen LogP contribution in [0.3, 0.4) is 0 Å². The third-order valence-electron chi connectivity index (χ3n) is 3.73. The van der Waals surface area contributed by atoms with Gasteiger partial charge in [0, 0.05) is 5.69 Å². The summed E-state index contributed by atoms with van der Waals surface area (Å²) >= 11 is 0. The average Bonchev–Trinajstić information content (AvgIpc) is 2.89. The number of carbonyl (C=O) groups excluding carboxylic acids is 1. The summed E-state index contributed by atoms with van der Waals surface area (Å²) in [7, 11) is 0. The Hall–Kier alpha value is -1.82. The van der Waals surface area contributed by atoms with Gasteiger partial charge >= 0.3 is 0 Å². The van der Waals surface area contributed by atoms with Gasteiger partial charge in [-0.15, -0.1) is 0 Å². The Labute approximate surface area is 108 Å². The number of nitrogens with one attached hydrogen (secondary N) is 1. The molecule has 18 heavy (non-hydrogen) atoms. The maximum Gasteiger partial charge on any atom is 0.244 e. The average molecular weight is 242 g/mol. The number of hydrogen-bond acceptors (Lipinski definition) is 2. The van der Waals surface area contributed by atoms with Gasteiger partial charge in [-0.2, -0.15) is 5.26 Å². The maximum atomic E-state index is 12.2. The van der Waals surface area contributed by atoms with Gasteiger partial charge in [0.25, 0.3) is 0 Å². The monoisotopic (exact) mass is 242 g/mol. The van der Waals surface area contributed by atoms with Crippen LogP contribution >= 0.6 is 0 Å². The zero-order valence-electron chi connectivity index (χ0n) is 10.7. The molecule has 0 atom stereocenters. The number of rotatable bonds is 3. The van der Waals surface area contributed by atoms with Gasteiger partial charge in [-0.05, 0) is 37.0 Å². The lowest BCUT2D eigenvalue weighted by molar-refractivity contribution is -0.122. The lowest BCUT2D eigenvalue weighted by Gasteiger charge is -2.19. The summed E-state index contributed by atoms with van der Waals surface area (Å²) in [6, 6.07) is 10.0. The van der Waals surface area contributed by atoms with E-state index in [1.165, 1.54) is 5.56 Å². The van der Waals surface area contributed by atoms with Crippen molar-refractivity contribution < 1.29 is 4.79 Å². The van der Waals surface area contributed by atoms with Gasteiger partial charge in [-0.25, -0.2) is 0 Å². The fourth-order valence-electron chi connectivity index (χ4n) is 2.44. The molecule has 1 aromatic carbocycles. The lowest BCUT2D eigenvalue weighted by Crippen LogP contribution is -2.32. The smallest absolute Gasteiger partial charge is 0.244 e. The van der Waals surface area contributed by atoms with E-state index in [4.69, 9.17) is 0 Å². The SMILES string of the molecule is CCc1ccc(NC(=O)C2(C#N)CCCC2)cc1. The molecule has 0 aromatic heterocycles. The van der Waals surface area contributed by atoms with Crippen LogP contribution in [0.4, 0.5) is 5.69 Å². The molecule has 0 bridgehead atoms. The highest BCUT2D eigenvalue weighted by molar-refractivity contribution is 5.97. The highest BCUT2D eigenvalue weighted by Crippen LogP contribution is 2.38. The molecule has 1 aliphatic carbocycles. The number of anilines is 1. The fraction of sp³-hybridized carbons (Fsp3) is 0.467. The minimum atomic E-state index is -0.802. The topological polar surface area (TPSA) is 52.9 Å². The van der Waals surface area contributed by atoms with E-state index in [2.05, 4.69) is 18.3 Å². The number of hydrogen-bond donors (Lipinski definition) is 1. The molecule has 0 saturated heterocycles. The normalized spacial score (nSPS) is 17.1. The maximum absolute atomic E-state index is 12.2. The molecule has 3 heteroatoms. The molecule has 2 rings (SSSR count). The number of nitriles is 1. The Morgan fingerprint density at radius 2 is 1.94 bits per heavy atom. The zero-order valence-corrected chi connectivity index (χ0v) is 10.7. The molecule has 0 spiro atoms. The molecule has 1 N–H and O–H groups in total. The third-order valence-corrected chi connectivity index (χ3v) is 3.73. The molecule has 1 saturated carbocycles. The highest BCUT2D eigenvalue weighted by Gasteiger charge is 2.41. The quantitative estimate of drug-likeness (QED) is 0.884. The molecule has 1 aliphatic rings. The summed E-state index contributed by atoms with van der Waals surface area (Å²) in [4.78, 5) is 12.2. The van der Waals surface area contributed by atoms with E-state index in [0.29, 0.717) is 12.8 Å². The molecule has 0 radical (unpaired) electrons. The summed E-state index contributed by atoms with van der Waals surface area (Å²) in [5.41, 5.74) is 1.21. The van der Waals surface area contributed by atoms with Crippen LogP contribution in [0, 0.1) is 16.7 Å². The van der Waals surface area contributed by atoms with Gasteiger partial charge in [0.1, 0.15) is 5.41 Å². The van der Waals surface area contributed by atoms with Crippen molar-refractivity contribution in [3.8, 4) is 6.07 Å². The number of amides is 1. The molecule has 94 valence electrons. The molecule has 1 amide bonds. The first-order valence-corrected chi connectivity index (χ1v) is 6.52. The molecule has 3 nitrogen and oxygen atoms in total. The van der Waals surface area contributed by atoms with Crippen molar-refractivity contribution >= 4 is 11.6 Å². The standard InChI is InChI=1S/C15H18N2O/c1-2-12-5-7-13(8-6-12)17-14(18)15(11-16)9-3-4-10-15/h5-8H,2-4,9-10H2,1H3,(H,17,18). The van der Waals surface area contributed by atoms with Crippen molar-refractivity contribution in [2.75, 3.05) is 5.32 Å². The van der Waals surface area contributed by atoms with E-state index in [1.807, 2.05) is 24.3 Å². The summed E-state index contributed by atoms with van der Waals surface area (Å²) in [5, 5.41) is 12.1. The molecule has 0 unspecified atom stereocenters. The van der Waals surface area contributed by atoms with Gasteiger partial charge in [-0.1, -0.05) is 31.9 Å². The van der Waals surface area contributed by atoms with Gasteiger partial charge in [0.05, 0.1) is 6.07 Å². The van der Waals surface area contributed by atoms with Gasteiger partial charge in [0.2, 0.25) is 5.91 Å². The first kappa shape index (κ1) is 12.6. The number of benzene rings is 1. The predicted molar refractivity (Wildman–Crippen MR) is 71.0 cm³/mol. The van der Waals surface area contributed by atoms with Gasteiger partial charge in [-0.3, -0.25) is 4.79 Å². The highest BCUT2D eigenvalue weighted by atomic mass is 16.2. The minimum absolute atomic E-state index is 0.147. The molecular formula is C15H18N2O. The van der Waals surface area contributed by atoms with E-state index < -0.39 is 5.41 Å². The van der Waals surface area contributed by atoms with E-state index in [-0.39, 0.29) is 5.91 Å². The van der Waals surface area contributed by atoms with Crippen molar-refractivity contribution in [3.05, 3.63) is 29.8 Å². The van der Waals surface area contributed by atoms with Crippen LogP contribution in [0.25, 0.3) is 0 Å². The van der Waals surface area contributed by atoms with E-state index >= 15 is 0 Å². The molecule has 1 fully saturated rings. The van der Waals surface area contributed by atoms with E-state index in [9.17, 15) is 10.1 Å². The van der Waals surface area contributed by atoms with Crippen LogP contribution in [0.2, 0.25) is 0 Å². The van der Waals surface area contributed by atoms with Crippen molar-refractivity contribution in [2.24, 2.45) is 5.41 Å². The van der Waals surface area contributed by atoms with Crippen molar-refractivity contribution in [2.45, 2.75) is 39.0 Å². The van der Waals surface area contributed by atoms with Crippen LogP contribution in [-0.2, 0) is 11.2 Å². The number of nitrogens with zero attached hydrogens (tertiary/aromatic N) is 1. The van der Waals surface area contributed by atoms with Gasteiger partial charge in [0.15, 0.2) is 0 Å². The summed E-state index contributed by atoms with van der Waals surface area (Å²) in [6.07, 6.45) is 4.28. The van der Waals surface area contributed by atoms with Crippen LogP contribution in [0.15, 0.2) is 24.3 Å². The van der Waals surface area contributed by atoms with Crippen LogP contribution < -0.4 is 5.32 Å². The van der Waals surface area contributed by atoms with Crippen molar-refractivity contribution in [3.63, 3.8) is 0 Å².